The van der Waals surface area contributed by atoms with Gasteiger partial charge in [0.1, 0.15) is 12.3 Å². The van der Waals surface area contributed by atoms with E-state index in [9.17, 15) is 14.4 Å². The Kier molecular flexibility index (Phi) is 6.73. The van der Waals surface area contributed by atoms with Gasteiger partial charge in [-0.2, -0.15) is 0 Å². The fourth-order valence-electron chi connectivity index (χ4n) is 3.52. The molecule has 4 amide bonds. The van der Waals surface area contributed by atoms with Gasteiger partial charge in [0.2, 0.25) is 5.91 Å². The highest BCUT2D eigenvalue weighted by Crippen LogP contribution is 2.34. The molecular formula is C20H28N4O4. The number of rotatable bonds is 6. The van der Waals surface area contributed by atoms with E-state index < -0.39 is 0 Å². The van der Waals surface area contributed by atoms with Crippen LogP contribution in [0.3, 0.4) is 0 Å². The molecule has 0 bridgehead atoms. The van der Waals surface area contributed by atoms with Crippen molar-refractivity contribution in [1.82, 2.24) is 10.6 Å². The maximum absolute atomic E-state index is 12.3. The standard InChI is InChI=1S/C20H28N4O4/c1-2-10-21-18(25)12-24-16-11-15(8-9-17(16)28-13-19(24)26)23-20(27)22-14-6-4-3-5-7-14/h8-9,11,14H,2-7,10,12-13H2,1H3,(H,21,25)(H2,22,23,27). The second kappa shape index (κ2) is 9.43. The summed E-state index contributed by atoms with van der Waals surface area (Å²) in [5.74, 6) is 0.000500. The van der Waals surface area contributed by atoms with Gasteiger partial charge < -0.3 is 20.7 Å². The van der Waals surface area contributed by atoms with Crippen molar-refractivity contribution in [2.24, 2.45) is 0 Å². The Bertz CT molecular complexity index is 731. The first-order valence-electron chi connectivity index (χ1n) is 9.98. The predicted molar refractivity (Wildman–Crippen MR) is 107 cm³/mol. The minimum atomic E-state index is -0.289. The third kappa shape index (κ3) is 5.15. The van der Waals surface area contributed by atoms with Gasteiger partial charge in [0, 0.05) is 18.3 Å². The summed E-state index contributed by atoms with van der Waals surface area (Å²) >= 11 is 0. The van der Waals surface area contributed by atoms with Crippen molar-refractivity contribution >= 4 is 29.2 Å². The van der Waals surface area contributed by atoms with Gasteiger partial charge >= 0.3 is 6.03 Å². The Morgan fingerprint density at radius 1 is 1.21 bits per heavy atom. The maximum Gasteiger partial charge on any atom is 0.319 e. The molecule has 1 saturated carbocycles. The first kappa shape index (κ1) is 20.0. The van der Waals surface area contributed by atoms with Gasteiger partial charge in [-0.25, -0.2) is 4.79 Å². The zero-order valence-electron chi connectivity index (χ0n) is 16.3. The molecule has 152 valence electrons. The summed E-state index contributed by atoms with van der Waals surface area (Å²) in [5, 5.41) is 8.58. The smallest absolute Gasteiger partial charge is 0.319 e. The summed E-state index contributed by atoms with van der Waals surface area (Å²) in [5.41, 5.74) is 1.03. The third-order valence-electron chi connectivity index (χ3n) is 4.97. The van der Waals surface area contributed by atoms with Gasteiger partial charge in [-0.1, -0.05) is 26.2 Å². The number of amides is 4. The number of nitrogens with one attached hydrogen (secondary N) is 3. The topological polar surface area (TPSA) is 99.8 Å². The minimum absolute atomic E-state index is 0.0765. The van der Waals surface area contributed by atoms with Crippen LogP contribution in [0.2, 0.25) is 0 Å². The molecule has 1 aromatic carbocycles. The van der Waals surface area contributed by atoms with Crippen LogP contribution in [0, 0.1) is 0 Å². The fraction of sp³-hybridized carbons (Fsp3) is 0.550. The van der Waals surface area contributed by atoms with Crippen LogP contribution < -0.4 is 25.6 Å². The number of ether oxygens (including phenoxy) is 1. The van der Waals surface area contributed by atoms with E-state index in [-0.39, 0.29) is 37.0 Å². The van der Waals surface area contributed by atoms with Gasteiger partial charge in [-0.05, 0) is 37.5 Å². The molecule has 28 heavy (non-hydrogen) atoms. The zero-order chi connectivity index (χ0) is 19.9. The van der Waals surface area contributed by atoms with Crippen molar-refractivity contribution < 1.29 is 19.1 Å². The third-order valence-corrected chi connectivity index (χ3v) is 4.97. The highest BCUT2D eigenvalue weighted by molar-refractivity contribution is 6.03. The van der Waals surface area contributed by atoms with E-state index in [0.717, 1.165) is 32.1 Å². The average Bonchev–Trinajstić information content (AvgIpc) is 2.69. The normalized spacial score (nSPS) is 16.8. The Balaban J connectivity index is 1.67. The molecule has 1 aromatic rings. The highest BCUT2D eigenvalue weighted by atomic mass is 16.5. The van der Waals surface area contributed by atoms with E-state index in [4.69, 9.17) is 4.74 Å². The van der Waals surface area contributed by atoms with Crippen molar-refractivity contribution in [2.75, 3.05) is 29.9 Å². The number of carbonyl (C=O) groups excluding carboxylic acids is 3. The maximum atomic E-state index is 12.3. The van der Waals surface area contributed by atoms with Crippen LogP contribution in [0.25, 0.3) is 0 Å². The number of hydrogen-bond donors (Lipinski definition) is 3. The van der Waals surface area contributed by atoms with Crippen LogP contribution in [0.1, 0.15) is 45.4 Å². The summed E-state index contributed by atoms with van der Waals surface area (Å²) < 4.78 is 5.46. The molecule has 0 atom stereocenters. The van der Waals surface area contributed by atoms with Crippen LogP contribution in [-0.2, 0) is 9.59 Å². The lowest BCUT2D eigenvalue weighted by atomic mass is 9.96. The first-order valence-corrected chi connectivity index (χ1v) is 9.98. The predicted octanol–water partition coefficient (Wildman–Crippen LogP) is 2.39. The molecule has 1 aliphatic carbocycles. The fourth-order valence-corrected chi connectivity index (χ4v) is 3.52. The lowest BCUT2D eigenvalue weighted by molar-refractivity contribution is -0.125. The van der Waals surface area contributed by atoms with Gasteiger partial charge in [-0.3, -0.25) is 14.5 Å². The lowest BCUT2D eigenvalue weighted by Gasteiger charge is -2.29. The summed E-state index contributed by atoms with van der Waals surface area (Å²) in [7, 11) is 0. The molecule has 3 N–H and O–H groups in total. The van der Waals surface area contributed by atoms with Crippen molar-refractivity contribution in [3.05, 3.63) is 18.2 Å². The monoisotopic (exact) mass is 388 g/mol. The molecule has 0 radical (unpaired) electrons. The van der Waals surface area contributed by atoms with Crippen molar-refractivity contribution in [3.8, 4) is 5.75 Å². The molecule has 0 unspecified atom stereocenters. The second-order valence-corrected chi connectivity index (χ2v) is 7.23. The van der Waals surface area contributed by atoms with Crippen LogP contribution in [0.5, 0.6) is 5.75 Å². The summed E-state index contributed by atoms with van der Waals surface area (Å²) in [6, 6.07) is 5.04. The molecule has 1 aliphatic heterocycles. The highest BCUT2D eigenvalue weighted by Gasteiger charge is 2.28. The van der Waals surface area contributed by atoms with Gasteiger partial charge in [-0.15, -0.1) is 0 Å². The van der Waals surface area contributed by atoms with Gasteiger partial charge in [0.05, 0.1) is 5.69 Å². The Hall–Kier alpha value is -2.77. The van der Waals surface area contributed by atoms with Crippen LogP contribution in [0.4, 0.5) is 16.2 Å². The van der Waals surface area contributed by atoms with Crippen LogP contribution in [-0.4, -0.2) is 43.6 Å². The van der Waals surface area contributed by atoms with Crippen molar-refractivity contribution in [3.63, 3.8) is 0 Å². The Labute approximate surface area is 165 Å². The van der Waals surface area contributed by atoms with Gasteiger partial charge in [0.15, 0.2) is 6.61 Å². The van der Waals surface area contributed by atoms with Crippen LogP contribution >= 0.6 is 0 Å². The SMILES string of the molecule is CCCNC(=O)CN1C(=O)COc2ccc(NC(=O)NC3CCCCC3)cc21. The number of carbonyl (C=O) groups is 3. The number of urea groups is 1. The summed E-state index contributed by atoms with van der Waals surface area (Å²) in [4.78, 5) is 38.1. The molecule has 2 aliphatic rings. The van der Waals surface area contributed by atoms with Gasteiger partial charge in [0.25, 0.3) is 5.91 Å². The van der Waals surface area contributed by atoms with Crippen LogP contribution in [0.15, 0.2) is 18.2 Å². The number of nitrogens with zero attached hydrogens (tertiary/aromatic N) is 1. The number of benzene rings is 1. The van der Waals surface area contributed by atoms with E-state index in [2.05, 4.69) is 16.0 Å². The average molecular weight is 388 g/mol. The quantitative estimate of drug-likeness (QED) is 0.697. The number of hydrogen-bond acceptors (Lipinski definition) is 4. The molecule has 8 heteroatoms. The van der Waals surface area contributed by atoms with Crippen molar-refractivity contribution in [2.45, 2.75) is 51.5 Å². The Morgan fingerprint density at radius 2 is 2.00 bits per heavy atom. The van der Waals surface area contributed by atoms with E-state index in [0.29, 0.717) is 23.7 Å². The molecule has 8 nitrogen and oxygen atoms in total. The first-order chi connectivity index (χ1) is 13.6. The molecule has 0 aromatic heterocycles. The summed E-state index contributed by atoms with van der Waals surface area (Å²) in [6.45, 7) is 2.34. The number of anilines is 2. The molecule has 0 spiro atoms. The molecule has 1 heterocycles. The largest absolute Gasteiger partial charge is 0.482 e. The lowest BCUT2D eigenvalue weighted by Crippen LogP contribution is -2.45. The van der Waals surface area contributed by atoms with E-state index in [1.165, 1.54) is 11.3 Å². The second-order valence-electron chi connectivity index (χ2n) is 7.23. The molecule has 3 rings (SSSR count). The molecular weight excluding hydrogens is 360 g/mol. The summed E-state index contributed by atoms with van der Waals surface area (Å²) in [6.07, 6.45) is 6.32. The Morgan fingerprint density at radius 3 is 2.75 bits per heavy atom. The minimum Gasteiger partial charge on any atom is -0.482 e. The molecule has 0 saturated heterocycles. The van der Waals surface area contributed by atoms with E-state index >= 15 is 0 Å². The molecule has 1 fully saturated rings. The van der Waals surface area contributed by atoms with E-state index in [1.54, 1.807) is 18.2 Å². The van der Waals surface area contributed by atoms with E-state index in [1.807, 2.05) is 6.92 Å². The number of fused-ring (bicyclic) bond motifs is 1. The van der Waals surface area contributed by atoms with Crippen molar-refractivity contribution in [1.29, 1.82) is 0 Å². The zero-order valence-corrected chi connectivity index (χ0v) is 16.3.